The molecule has 0 heteroatoms. The molecular weight excluding hydrogens is 324 g/mol. The van der Waals surface area contributed by atoms with Gasteiger partial charge < -0.3 is 0 Å². The van der Waals surface area contributed by atoms with E-state index in [1.165, 1.54) is 69.8 Å². The predicted octanol–water partition coefficient (Wildman–Crippen LogP) is 7.33. The highest BCUT2D eigenvalue weighted by molar-refractivity contribution is 5.39. The van der Waals surface area contributed by atoms with E-state index in [-0.39, 0.29) is 0 Å². The van der Waals surface area contributed by atoms with E-state index in [0.29, 0.717) is 5.92 Å². The van der Waals surface area contributed by atoms with Crippen molar-refractivity contribution in [2.45, 2.75) is 84.5 Å². The van der Waals surface area contributed by atoms with Gasteiger partial charge in [0.05, 0.1) is 0 Å². The number of benzene rings is 1. The summed E-state index contributed by atoms with van der Waals surface area (Å²) < 4.78 is 0. The Labute approximate surface area is 167 Å². The molecule has 1 fully saturated rings. The molecule has 0 N–H and O–H groups in total. The van der Waals surface area contributed by atoms with Crippen LogP contribution in [0, 0.1) is 35.5 Å². The molecule has 1 aliphatic rings. The van der Waals surface area contributed by atoms with Gasteiger partial charge in [-0.15, -0.1) is 0 Å². The van der Waals surface area contributed by atoms with Crippen LogP contribution in [-0.4, -0.2) is 0 Å². The average molecular weight is 361 g/mol. The molecule has 0 amide bonds. The van der Waals surface area contributed by atoms with Gasteiger partial charge >= 0.3 is 0 Å². The first-order valence-electron chi connectivity index (χ1n) is 11.1. The zero-order valence-corrected chi connectivity index (χ0v) is 17.4. The minimum absolute atomic E-state index is 0.598. The van der Waals surface area contributed by atoms with Crippen LogP contribution in [0.2, 0.25) is 0 Å². The summed E-state index contributed by atoms with van der Waals surface area (Å²) in [4.78, 5) is 0. The van der Waals surface area contributed by atoms with Crippen molar-refractivity contribution in [2.24, 2.45) is 11.8 Å². The van der Waals surface area contributed by atoms with Crippen LogP contribution < -0.4 is 0 Å². The quantitative estimate of drug-likeness (QED) is 0.353. The standard InChI is InChI=1S/C27H36/c1-3-5-6-9-13-25-20-22-27(23-21-25)15-11-8-7-10-14-26-18-16-24(12-4-2)17-19-26/h7-8,16-19,25,27H,3-6,9,12-13,20-23H2,1-2H3/b8-7+. The van der Waals surface area contributed by atoms with Crippen molar-refractivity contribution in [3.63, 3.8) is 0 Å². The summed E-state index contributed by atoms with van der Waals surface area (Å²) in [5.41, 5.74) is 2.46. The lowest BCUT2D eigenvalue weighted by Gasteiger charge is -2.25. The van der Waals surface area contributed by atoms with Gasteiger partial charge in [0, 0.05) is 11.5 Å². The summed E-state index contributed by atoms with van der Waals surface area (Å²) in [7, 11) is 0. The van der Waals surface area contributed by atoms with Gasteiger partial charge in [-0.2, -0.15) is 0 Å². The van der Waals surface area contributed by atoms with Crippen LogP contribution in [0.25, 0.3) is 0 Å². The smallest absolute Gasteiger partial charge is 0.0249 e. The van der Waals surface area contributed by atoms with E-state index in [2.05, 4.69) is 61.8 Å². The van der Waals surface area contributed by atoms with Crippen molar-refractivity contribution < 1.29 is 0 Å². The molecule has 0 nitrogen and oxygen atoms in total. The van der Waals surface area contributed by atoms with Crippen molar-refractivity contribution in [1.29, 1.82) is 0 Å². The third kappa shape index (κ3) is 9.02. The molecule has 0 bridgehead atoms. The molecule has 0 heterocycles. The topological polar surface area (TPSA) is 0 Å². The van der Waals surface area contributed by atoms with Gasteiger partial charge in [0.1, 0.15) is 0 Å². The van der Waals surface area contributed by atoms with E-state index in [4.69, 9.17) is 0 Å². The van der Waals surface area contributed by atoms with Crippen LogP contribution >= 0.6 is 0 Å². The maximum atomic E-state index is 3.43. The zero-order chi connectivity index (χ0) is 19.2. The fourth-order valence-corrected chi connectivity index (χ4v) is 3.87. The van der Waals surface area contributed by atoms with E-state index in [9.17, 15) is 0 Å². The highest BCUT2D eigenvalue weighted by Gasteiger charge is 2.19. The Hall–Kier alpha value is -1.92. The zero-order valence-electron chi connectivity index (χ0n) is 17.4. The average Bonchev–Trinajstić information content (AvgIpc) is 2.70. The second-order valence-electron chi connectivity index (χ2n) is 7.91. The maximum absolute atomic E-state index is 3.43. The highest BCUT2D eigenvalue weighted by Crippen LogP contribution is 2.31. The Morgan fingerprint density at radius 2 is 1.59 bits per heavy atom. The first-order valence-corrected chi connectivity index (χ1v) is 11.1. The molecular formula is C27H36. The van der Waals surface area contributed by atoms with Crippen molar-refractivity contribution in [1.82, 2.24) is 0 Å². The summed E-state index contributed by atoms with van der Waals surface area (Å²) >= 11 is 0. The van der Waals surface area contributed by atoms with Gasteiger partial charge in [-0.1, -0.05) is 88.2 Å². The summed E-state index contributed by atoms with van der Waals surface area (Å²) in [6.07, 6.45) is 18.5. The minimum Gasteiger partial charge on any atom is -0.0951 e. The second kappa shape index (κ2) is 13.3. The largest absolute Gasteiger partial charge is 0.0951 e. The molecule has 0 radical (unpaired) electrons. The number of rotatable bonds is 7. The second-order valence-corrected chi connectivity index (χ2v) is 7.91. The van der Waals surface area contributed by atoms with Crippen LogP contribution in [0.1, 0.15) is 89.2 Å². The monoisotopic (exact) mass is 360 g/mol. The Bertz CT molecular complexity index is 661. The lowest BCUT2D eigenvalue weighted by atomic mass is 9.80. The van der Waals surface area contributed by atoms with E-state index in [1.807, 2.05) is 12.2 Å². The van der Waals surface area contributed by atoms with Gasteiger partial charge in [-0.25, -0.2) is 0 Å². The Morgan fingerprint density at radius 1 is 0.852 bits per heavy atom. The molecule has 0 saturated heterocycles. The molecule has 0 atom stereocenters. The van der Waals surface area contributed by atoms with Gasteiger partial charge in [-0.05, 0) is 67.9 Å². The molecule has 1 aliphatic carbocycles. The van der Waals surface area contributed by atoms with Crippen LogP contribution in [-0.2, 0) is 6.42 Å². The first kappa shape index (κ1) is 21.4. The van der Waals surface area contributed by atoms with Crippen molar-refractivity contribution in [3.8, 4) is 23.7 Å². The number of allylic oxidation sites excluding steroid dienone is 2. The molecule has 1 aromatic rings. The van der Waals surface area contributed by atoms with E-state index < -0.39 is 0 Å². The minimum atomic E-state index is 0.598. The van der Waals surface area contributed by atoms with E-state index >= 15 is 0 Å². The van der Waals surface area contributed by atoms with Crippen molar-refractivity contribution in [3.05, 3.63) is 47.5 Å². The molecule has 0 unspecified atom stereocenters. The van der Waals surface area contributed by atoms with Crippen LogP contribution in [0.3, 0.4) is 0 Å². The highest BCUT2D eigenvalue weighted by atomic mass is 14.2. The van der Waals surface area contributed by atoms with Crippen molar-refractivity contribution in [2.75, 3.05) is 0 Å². The fraction of sp³-hybridized carbons (Fsp3) is 0.556. The fourth-order valence-electron chi connectivity index (χ4n) is 3.87. The Morgan fingerprint density at radius 3 is 2.30 bits per heavy atom. The first-order chi connectivity index (χ1) is 13.3. The molecule has 1 aromatic carbocycles. The Kier molecular flexibility index (Phi) is 10.5. The van der Waals surface area contributed by atoms with Crippen LogP contribution in [0.4, 0.5) is 0 Å². The van der Waals surface area contributed by atoms with E-state index in [1.54, 1.807) is 0 Å². The van der Waals surface area contributed by atoms with Crippen molar-refractivity contribution >= 4 is 0 Å². The number of hydrogen-bond acceptors (Lipinski definition) is 0. The summed E-state index contributed by atoms with van der Waals surface area (Å²) in [5, 5.41) is 0. The predicted molar refractivity (Wildman–Crippen MR) is 118 cm³/mol. The third-order valence-electron chi connectivity index (χ3n) is 5.56. The summed E-state index contributed by atoms with van der Waals surface area (Å²) in [6.45, 7) is 4.49. The number of hydrogen-bond donors (Lipinski definition) is 0. The van der Waals surface area contributed by atoms with E-state index in [0.717, 1.165) is 17.9 Å². The molecule has 0 spiro atoms. The molecule has 1 saturated carbocycles. The summed E-state index contributed by atoms with van der Waals surface area (Å²) in [6, 6.07) is 8.57. The lowest BCUT2D eigenvalue weighted by Crippen LogP contribution is -2.13. The molecule has 144 valence electrons. The molecule has 0 aliphatic heterocycles. The molecule has 2 rings (SSSR count). The Balaban J connectivity index is 1.67. The van der Waals surface area contributed by atoms with Crippen LogP contribution in [0.15, 0.2) is 36.4 Å². The third-order valence-corrected chi connectivity index (χ3v) is 5.56. The van der Waals surface area contributed by atoms with Gasteiger partial charge in [0.15, 0.2) is 0 Å². The SMILES string of the molecule is CCCCCCC1CCC(C#C/C=C/C#Cc2ccc(CCC)cc2)CC1. The van der Waals surface area contributed by atoms with Gasteiger partial charge in [-0.3, -0.25) is 0 Å². The molecule has 0 aromatic heterocycles. The molecule has 27 heavy (non-hydrogen) atoms. The van der Waals surface area contributed by atoms with Gasteiger partial charge in [0.25, 0.3) is 0 Å². The number of aryl methyl sites for hydroxylation is 1. The van der Waals surface area contributed by atoms with Crippen LogP contribution in [0.5, 0.6) is 0 Å². The maximum Gasteiger partial charge on any atom is 0.0249 e. The van der Waals surface area contributed by atoms with Gasteiger partial charge in [0.2, 0.25) is 0 Å². The lowest BCUT2D eigenvalue weighted by molar-refractivity contribution is 0.294. The number of unbranched alkanes of at least 4 members (excludes halogenated alkanes) is 3. The summed E-state index contributed by atoms with van der Waals surface area (Å²) in [5.74, 6) is 14.5. The normalized spacial score (nSPS) is 19.2.